The number of ether oxygens (including phenoxy) is 1. The lowest BCUT2D eigenvalue weighted by atomic mass is 9.75. The van der Waals surface area contributed by atoms with Crippen molar-refractivity contribution in [3.63, 3.8) is 0 Å². The fraction of sp³-hybridized carbons (Fsp3) is 0.280. The number of aromatic nitrogens is 1. The van der Waals surface area contributed by atoms with Crippen LogP contribution in [0.4, 0.5) is 0 Å². The summed E-state index contributed by atoms with van der Waals surface area (Å²) < 4.78 is 8.77. The Morgan fingerprint density at radius 1 is 1.00 bits per heavy atom. The number of fused-ring (bicyclic) bond motifs is 3. The van der Waals surface area contributed by atoms with E-state index in [0.29, 0.717) is 12.4 Å². The molecule has 0 fully saturated rings. The summed E-state index contributed by atoms with van der Waals surface area (Å²) in [7, 11) is 0. The maximum atomic E-state index is 11.2. The second-order valence-electron chi connectivity index (χ2n) is 8.63. The molecule has 1 aliphatic rings. The van der Waals surface area contributed by atoms with Gasteiger partial charge < -0.3 is 14.4 Å². The molecule has 4 heteroatoms. The predicted octanol–water partition coefficient (Wildman–Crippen LogP) is 6.28. The van der Waals surface area contributed by atoms with Crippen LogP contribution in [-0.4, -0.2) is 16.3 Å². The molecular weight excluding hydrogens is 378 g/mol. The molecule has 1 atom stereocenters. The molecular formula is C25H25NO2S. The molecule has 3 heterocycles. The Balaban J connectivity index is 2.00. The number of phenols is 1. The highest BCUT2D eigenvalue weighted by molar-refractivity contribution is 7.10. The van der Waals surface area contributed by atoms with Gasteiger partial charge in [-0.1, -0.05) is 30.3 Å². The van der Waals surface area contributed by atoms with Crippen molar-refractivity contribution < 1.29 is 9.84 Å². The fourth-order valence-electron chi connectivity index (χ4n) is 4.67. The van der Waals surface area contributed by atoms with Crippen LogP contribution in [0, 0.1) is 6.92 Å². The molecule has 0 saturated carbocycles. The Kier molecular flexibility index (Phi) is 3.96. The Bertz CT molecular complexity index is 1210. The first-order chi connectivity index (χ1) is 13.8. The van der Waals surface area contributed by atoms with E-state index in [1.165, 1.54) is 10.4 Å². The molecule has 148 valence electrons. The van der Waals surface area contributed by atoms with Crippen LogP contribution < -0.4 is 0 Å². The first-order valence-electron chi connectivity index (χ1n) is 9.96. The van der Waals surface area contributed by atoms with Gasteiger partial charge in [-0.25, -0.2) is 0 Å². The van der Waals surface area contributed by atoms with Crippen molar-refractivity contribution in [2.24, 2.45) is 0 Å². The minimum atomic E-state index is -0.485. The van der Waals surface area contributed by atoms with E-state index in [9.17, 15) is 5.11 Å². The Morgan fingerprint density at radius 2 is 1.76 bits per heavy atom. The molecule has 4 aromatic rings. The number of rotatable bonds is 2. The number of thiophene rings is 1. The van der Waals surface area contributed by atoms with Crippen LogP contribution >= 0.6 is 11.3 Å². The summed E-state index contributed by atoms with van der Waals surface area (Å²) in [6.07, 6.45) is 0. The van der Waals surface area contributed by atoms with Crippen LogP contribution in [-0.2, 0) is 15.8 Å². The van der Waals surface area contributed by atoms with Crippen LogP contribution in [0.1, 0.15) is 42.5 Å². The molecule has 1 aliphatic heterocycles. The van der Waals surface area contributed by atoms with Crippen molar-refractivity contribution in [3.05, 3.63) is 81.7 Å². The molecule has 0 saturated heterocycles. The van der Waals surface area contributed by atoms with Crippen molar-refractivity contribution in [2.45, 2.75) is 38.7 Å². The number of aromatic hydroxyl groups is 1. The highest BCUT2D eigenvalue weighted by Gasteiger charge is 2.47. The monoisotopic (exact) mass is 403 g/mol. The van der Waals surface area contributed by atoms with Crippen molar-refractivity contribution >= 4 is 22.2 Å². The molecule has 1 N–H and O–H groups in total. The first kappa shape index (κ1) is 18.5. The zero-order valence-corrected chi connectivity index (χ0v) is 18.0. The van der Waals surface area contributed by atoms with E-state index in [-0.39, 0.29) is 5.41 Å². The Hall–Kier alpha value is -2.56. The number of phenolic OH excluding ortho intramolecular Hbond substituents is 1. The van der Waals surface area contributed by atoms with E-state index in [2.05, 4.69) is 73.2 Å². The van der Waals surface area contributed by atoms with Crippen LogP contribution in [0.3, 0.4) is 0 Å². The summed E-state index contributed by atoms with van der Waals surface area (Å²) in [5.74, 6) is 0.369. The predicted molar refractivity (Wildman–Crippen MR) is 119 cm³/mol. The highest BCUT2D eigenvalue weighted by atomic mass is 32.1. The van der Waals surface area contributed by atoms with Crippen LogP contribution in [0.5, 0.6) is 5.75 Å². The quantitative estimate of drug-likeness (QED) is 0.427. The average Bonchev–Trinajstić information content (AvgIpc) is 3.36. The van der Waals surface area contributed by atoms with Gasteiger partial charge in [0.05, 0.1) is 23.2 Å². The number of benzene rings is 2. The van der Waals surface area contributed by atoms with E-state index in [1.54, 1.807) is 11.3 Å². The lowest BCUT2D eigenvalue weighted by Crippen LogP contribution is -2.42. The Morgan fingerprint density at radius 3 is 2.45 bits per heavy atom. The summed E-state index contributed by atoms with van der Waals surface area (Å²) >= 11 is 1.74. The Labute approximate surface area is 175 Å². The van der Waals surface area contributed by atoms with Crippen molar-refractivity contribution in [1.82, 2.24) is 4.57 Å². The molecule has 2 aromatic carbocycles. The number of nitrogens with zero attached hydrogens (tertiary/aromatic N) is 1. The average molecular weight is 404 g/mol. The molecule has 29 heavy (non-hydrogen) atoms. The minimum Gasteiger partial charge on any atom is -0.507 e. The maximum absolute atomic E-state index is 11.2. The van der Waals surface area contributed by atoms with Crippen molar-refractivity contribution in [2.75, 3.05) is 6.61 Å². The number of para-hydroxylation sites is 1. The van der Waals surface area contributed by atoms with Gasteiger partial charge in [0.2, 0.25) is 0 Å². The summed E-state index contributed by atoms with van der Waals surface area (Å²) in [5, 5.41) is 14.3. The first-order valence-corrected chi connectivity index (χ1v) is 10.8. The van der Waals surface area contributed by atoms with Gasteiger partial charge >= 0.3 is 0 Å². The normalized spacial score (nSPS) is 20.7. The lowest BCUT2D eigenvalue weighted by molar-refractivity contribution is -0.0576. The van der Waals surface area contributed by atoms with E-state index in [1.807, 2.05) is 19.1 Å². The zero-order valence-electron chi connectivity index (χ0n) is 17.2. The SMILES string of the molecule is Cc1ccc2c(c1O)c1c(n2-c2ccccc2)C(C)(C)OCC1(C)c1cccs1. The van der Waals surface area contributed by atoms with Gasteiger partial charge in [-0.05, 0) is 62.9 Å². The van der Waals surface area contributed by atoms with Crippen molar-refractivity contribution in [1.29, 1.82) is 0 Å². The van der Waals surface area contributed by atoms with Gasteiger partial charge in [-0.2, -0.15) is 0 Å². The number of hydrogen-bond donors (Lipinski definition) is 1. The maximum Gasteiger partial charge on any atom is 0.128 e. The fourth-order valence-corrected chi connectivity index (χ4v) is 5.56. The summed E-state index contributed by atoms with van der Waals surface area (Å²) in [5.41, 5.74) is 4.46. The molecule has 1 unspecified atom stereocenters. The standard InChI is InChI=1S/C25H25NO2S/c1-16-12-13-18-20(22(16)27)21-23(26(18)17-9-6-5-7-10-17)24(2,3)28-15-25(21,4)19-11-8-14-29-19/h5-14,27H,15H2,1-4H3. The van der Waals surface area contributed by atoms with Gasteiger partial charge in [-0.3, -0.25) is 0 Å². The van der Waals surface area contributed by atoms with Gasteiger partial charge in [0.1, 0.15) is 11.4 Å². The van der Waals surface area contributed by atoms with Gasteiger partial charge in [-0.15, -0.1) is 11.3 Å². The highest BCUT2D eigenvalue weighted by Crippen LogP contribution is 2.53. The minimum absolute atomic E-state index is 0.331. The number of hydrogen-bond acceptors (Lipinski definition) is 3. The topological polar surface area (TPSA) is 34.4 Å². The van der Waals surface area contributed by atoms with Crippen molar-refractivity contribution in [3.8, 4) is 11.4 Å². The molecule has 3 nitrogen and oxygen atoms in total. The van der Waals surface area contributed by atoms with E-state index in [0.717, 1.165) is 27.8 Å². The third-order valence-electron chi connectivity index (χ3n) is 6.23. The second kappa shape index (κ2) is 6.22. The molecule has 0 bridgehead atoms. The smallest absolute Gasteiger partial charge is 0.128 e. The zero-order chi connectivity index (χ0) is 20.4. The van der Waals surface area contributed by atoms with E-state index in [4.69, 9.17) is 4.74 Å². The summed E-state index contributed by atoms with van der Waals surface area (Å²) in [4.78, 5) is 1.25. The van der Waals surface area contributed by atoms with Gasteiger partial charge in [0.15, 0.2) is 0 Å². The molecule has 2 aromatic heterocycles. The van der Waals surface area contributed by atoms with Crippen LogP contribution in [0.2, 0.25) is 0 Å². The molecule has 0 spiro atoms. The third-order valence-corrected chi connectivity index (χ3v) is 7.37. The third kappa shape index (κ3) is 2.52. The van der Waals surface area contributed by atoms with Gasteiger partial charge in [0, 0.05) is 21.5 Å². The van der Waals surface area contributed by atoms with E-state index < -0.39 is 5.60 Å². The second-order valence-corrected chi connectivity index (χ2v) is 9.58. The summed E-state index contributed by atoms with van der Waals surface area (Å²) in [6.45, 7) is 9.04. The van der Waals surface area contributed by atoms with Gasteiger partial charge in [0.25, 0.3) is 0 Å². The van der Waals surface area contributed by atoms with Crippen LogP contribution in [0.25, 0.3) is 16.6 Å². The largest absolute Gasteiger partial charge is 0.507 e. The van der Waals surface area contributed by atoms with Crippen LogP contribution in [0.15, 0.2) is 60.0 Å². The number of aryl methyl sites for hydroxylation is 1. The molecule has 0 aliphatic carbocycles. The summed E-state index contributed by atoms with van der Waals surface area (Å²) in [6, 6.07) is 18.8. The molecule has 5 rings (SSSR count). The molecule has 0 radical (unpaired) electrons. The van der Waals surface area contributed by atoms with E-state index >= 15 is 0 Å². The molecule has 0 amide bonds. The lowest BCUT2D eigenvalue weighted by Gasteiger charge is -2.42.